The highest BCUT2D eigenvalue weighted by atomic mass is 16.4. The summed E-state index contributed by atoms with van der Waals surface area (Å²) in [4.78, 5) is 3.19. The molecule has 0 bridgehead atoms. The molecule has 1 aromatic carbocycles. The zero-order valence-electron chi connectivity index (χ0n) is 7.99. The second kappa shape index (κ2) is 3.54. The van der Waals surface area contributed by atoms with Crippen LogP contribution in [0, 0.1) is 0 Å². The van der Waals surface area contributed by atoms with Gasteiger partial charge in [0, 0.05) is 22.7 Å². The van der Waals surface area contributed by atoms with Gasteiger partial charge in [-0.05, 0) is 12.0 Å². The summed E-state index contributed by atoms with van der Waals surface area (Å²) < 4.78 is 0. The minimum Gasteiger partial charge on any atom is -0.411 e. The van der Waals surface area contributed by atoms with Crippen molar-refractivity contribution in [3.63, 3.8) is 0 Å². The minimum atomic E-state index is 0.915. The van der Waals surface area contributed by atoms with Crippen LogP contribution in [0.2, 0.25) is 0 Å². The fourth-order valence-corrected chi connectivity index (χ4v) is 1.70. The van der Waals surface area contributed by atoms with Gasteiger partial charge in [-0.2, -0.15) is 0 Å². The molecule has 1 aromatic heterocycles. The van der Waals surface area contributed by atoms with Crippen molar-refractivity contribution < 1.29 is 5.21 Å². The predicted octanol–water partition coefficient (Wildman–Crippen LogP) is 2.54. The molecule has 0 saturated carbocycles. The number of fused-ring (bicyclic) bond motifs is 1. The van der Waals surface area contributed by atoms with Crippen LogP contribution in [0.1, 0.15) is 18.1 Å². The average Bonchev–Trinajstić information content (AvgIpc) is 2.62. The number of oxime groups is 1. The van der Waals surface area contributed by atoms with E-state index >= 15 is 0 Å². The summed E-state index contributed by atoms with van der Waals surface area (Å²) in [6.07, 6.45) is 4.29. The van der Waals surface area contributed by atoms with Crippen LogP contribution in [-0.4, -0.2) is 16.4 Å². The van der Waals surface area contributed by atoms with Crippen molar-refractivity contribution in [2.45, 2.75) is 13.3 Å². The van der Waals surface area contributed by atoms with Gasteiger partial charge in [-0.15, -0.1) is 0 Å². The number of aromatic amines is 1. The van der Waals surface area contributed by atoms with Crippen molar-refractivity contribution >= 4 is 17.1 Å². The van der Waals surface area contributed by atoms with E-state index in [0.717, 1.165) is 22.9 Å². The first-order valence-electron chi connectivity index (χ1n) is 4.63. The summed E-state index contributed by atoms with van der Waals surface area (Å²) in [5.41, 5.74) is 3.32. The van der Waals surface area contributed by atoms with Gasteiger partial charge in [-0.1, -0.05) is 30.3 Å². The second-order valence-corrected chi connectivity index (χ2v) is 3.18. The molecule has 0 aliphatic carbocycles. The monoisotopic (exact) mass is 188 g/mol. The van der Waals surface area contributed by atoms with Crippen LogP contribution in [0.3, 0.4) is 0 Å². The number of benzene rings is 1. The van der Waals surface area contributed by atoms with Crippen LogP contribution in [-0.2, 0) is 6.42 Å². The molecule has 0 atom stereocenters. The van der Waals surface area contributed by atoms with E-state index in [2.05, 4.69) is 23.1 Å². The van der Waals surface area contributed by atoms with Crippen molar-refractivity contribution in [3.8, 4) is 0 Å². The van der Waals surface area contributed by atoms with Gasteiger partial charge in [0.25, 0.3) is 0 Å². The van der Waals surface area contributed by atoms with Gasteiger partial charge in [0.1, 0.15) is 0 Å². The Morgan fingerprint density at radius 2 is 2.36 bits per heavy atom. The molecule has 0 aliphatic heterocycles. The van der Waals surface area contributed by atoms with Crippen LogP contribution < -0.4 is 0 Å². The summed E-state index contributed by atoms with van der Waals surface area (Å²) in [5.74, 6) is 0. The fourth-order valence-electron chi connectivity index (χ4n) is 1.70. The van der Waals surface area contributed by atoms with E-state index in [9.17, 15) is 0 Å². The summed E-state index contributed by atoms with van der Waals surface area (Å²) in [6.45, 7) is 2.12. The predicted molar refractivity (Wildman–Crippen MR) is 57.1 cm³/mol. The van der Waals surface area contributed by atoms with Gasteiger partial charge in [0.15, 0.2) is 0 Å². The van der Waals surface area contributed by atoms with Crippen LogP contribution in [0.25, 0.3) is 10.9 Å². The highest BCUT2D eigenvalue weighted by molar-refractivity contribution is 5.99. The van der Waals surface area contributed by atoms with E-state index in [1.807, 2.05) is 18.3 Å². The van der Waals surface area contributed by atoms with Crippen molar-refractivity contribution in [1.82, 2.24) is 4.98 Å². The second-order valence-electron chi connectivity index (χ2n) is 3.18. The Bertz CT molecular complexity index is 471. The first kappa shape index (κ1) is 8.81. The lowest BCUT2D eigenvalue weighted by Gasteiger charge is -1.98. The van der Waals surface area contributed by atoms with Crippen molar-refractivity contribution in [2.24, 2.45) is 5.16 Å². The Morgan fingerprint density at radius 3 is 3.07 bits per heavy atom. The molecule has 0 aliphatic rings. The fraction of sp³-hybridized carbons (Fsp3) is 0.182. The van der Waals surface area contributed by atoms with E-state index in [-0.39, 0.29) is 0 Å². The van der Waals surface area contributed by atoms with E-state index < -0.39 is 0 Å². The highest BCUT2D eigenvalue weighted by Crippen LogP contribution is 2.20. The topological polar surface area (TPSA) is 48.4 Å². The maximum absolute atomic E-state index is 8.48. The summed E-state index contributed by atoms with van der Waals surface area (Å²) in [7, 11) is 0. The van der Waals surface area contributed by atoms with Crippen molar-refractivity contribution in [2.75, 3.05) is 0 Å². The van der Waals surface area contributed by atoms with Crippen LogP contribution in [0.15, 0.2) is 29.6 Å². The Kier molecular flexibility index (Phi) is 2.23. The number of nitrogens with zero attached hydrogens (tertiary/aromatic N) is 1. The number of nitrogens with one attached hydrogen (secondary N) is 1. The lowest BCUT2D eigenvalue weighted by atomic mass is 10.1. The maximum atomic E-state index is 8.48. The normalized spacial score (nSPS) is 11.5. The SMILES string of the molecule is CCc1cccc2c(/C=N/O)c[nH]c12. The standard InChI is InChI=1S/C11H12N2O/c1-2-8-4-3-5-10-9(7-13-14)6-12-11(8)10/h3-7,12,14H,2H2,1H3/b13-7+. The Hall–Kier alpha value is -1.77. The van der Waals surface area contributed by atoms with E-state index in [1.54, 1.807) is 0 Å². The molecule has 72 valence electrons. The summed E-state index contributed by atoms with van der Waals surface area (Å²) in [5, 5.41) is 12.6. The average molecular weight is 188 g/mol. The molecule has 0 amide bonds. The zero-order chi connectivity index (χ0) is 9.97. The Balaban J connectivity index is 2.69. The number of H-pyrrole nitrogens is 1. The molecule has 2 rings (SSSR count). The zero-order valence-corrected chi connectivity index (χ0v) is 7.99. The molecule has 1 heterocycles. The van der Waals surface area contributed by atoms with Gasteiger partial charge < -0.3 is 10.2 Å². The van der Waals surface area contributed by atoms with E-state index in [4.69, 9.17) is 5.21 Å². The lowest BCUT2D eigenvalue weighted by molar-refractivity contribution is 0.322. The van der Waals surface area contributed by atoms with Gasteiger partial charge in [0.2, 0.25) is 0 Å². The number of hydrogen-bond acceptors (Lipinski definition) is 2. The van der Waals surface area contributed by atoms with E-state index in [0.29, 0.717) is 0 Å². The number of hydrogen-bond donors (Lipinski definition) is 2. The largest absolute Gasteiger partial charge is 0.411 e. The smallest absolute Gasteiger partial charge is 0.0755 e. The molecule has 0 unspecified atom stereocenters. The number of rotatable bonds is 2. The summed E-state index contributed by atoms with van der Waals surface area (Å²) in [6, 6.07) is 6.13. The first-order valence-corrected chi connectivity index (χ1v) is 4.63. The van der Waals surface area contributed by atoms with Gasteiger partial charge in [-0.25, -0.2) is 0 Å². The molecule has 0 radical (unpaired) electrons. The minimum absolute atomic E-state index is 0.915. The summed E-state index contributed by atoms with van der Waals surface area (Å²) >= 11 is 0. The lowest BCUT2D eigenvalue weighted by Crippen LogP contribution is -1.82. The van der Waals surface area contributed by atoms with Gasteiger partial charge >= 0.3 is 0 Å². The van der Waals surface area contributed by atoms with Crippen molar-refractivity contribution in [3.05, 3.63) is 35.5 Å². The number of para-hydroxylation sites is 1. The molecule has 3 nitrogen and oxygen atoms in total. The molecule has 14 heavy (non-hydrogen) atoms. The quantitative estimate of drug-likeness (QED) is 0.424. The molecule has 0 saturated heterocycles. The molecule has 2 N–H and O–H groups in total. The molecule has 0 fully saturated rings. The van der Waals surface area contributed by atoms with Crippen LogP contribution in [0.4, 0.5) is 0 Å². The van der Waals surface area contributed by atoms with Crippen LogP contribution >= 0.6 is 0 Å². The maximum Gasteiger partial charge on any atom is 0.0755 e. The van der Waals surface area contributed by atoms with E-state index in [1.165, 1.54) is 11.8 Å². The third kappa shape index (κ3) is 1.27. The van der Waals surface area contributed by atoms with Gasteiger partial charge in [-0.3, -0.25) is 0 Å². The number of aromatic nitrogens is 1. The number of aryl methyl sites for hydroxylation is 1. The molecule has 0 spiro atoms. The third-order valence-corrected chi connectivity index (χ3v) is 2.41. The van der Waals surface area contributed by atoms with Gasteiger partial charge in [0.05, 0.1) is 6.21 Å². The first-order chi connectivity index (χ1) is 6.86. The molecular formula is C11H12N2O. The van der Waals surface area contributed by atoms with Crippen molar-refractivity contribution in [1.29, 1.82) is 0 Å². The Morgan fingerprint density at radius 1 is 1.50 bits per heavy atom. The highest BCUT2D eigenvalue weighted by Gasteiger charge is 2.04. The Labute approximate surface area is 82.1 Å². The molecule has 3 heteroatoms. The molecule has 2 aromatic rings. The van der Waals surface area contributed by atoms with Crippen LogP contribution in [0.5, 0.6) is 0 Å². The third-order valence-electron chi connectivity index (χ3n) is 2.41. The molecular weight excluding hydrogens is 176 g/mol.